The third-order valence-electron chi connectivity index (χ3n) is 3.55. The molecule has 0 aliphatic rings. The van der Waals surface area contributed by atoms with Crippen molar-refractivity contribution < 1.29 is 14.3 Å². The summed E-state index contributed by atoms with van der Waals surface area (Å²) in [5.74, 6) is -0.0218. The first-order valence-corrected chi connectivity index (χ1v) is 8.85. The average molecular weight is 351 g/mol. The lowest BCUT2D eigenvalue weighted by Crippen LogP contribution is -2.08. The number of nitrogens with zero attached hydrogens (tertiary/aromatic N) is 1. The van der Waals surface area contributed by atoms with E-state index in [1.54, 1.807) is 12.1 Å². The van der Waals surface area contributed by atoms with Crippen molar-refractivity contribution in [3.8, 4) is 0 Å². The van der Waals surface area contributed by atoms with Crippen LogP contribution in [-0.2, 0) is 16.1 Å². The average Bonchev–Trinajstić information content (AvgIpc) is 2.64. The number of esters is 1. The molecule has 0 aliphatic heterocycles. The monoisotopic (exact) mass is 351 g/mol. The van der Waals surface area contributed by atoms with Crippen LogP contribution in [0.25, 0.3) is 10.9 Å². The fourth-order valence-corrected chi connectivity index (χ4v) is 3.19. The van der Waals surface area contributed by atoms with Crippen LogP contribution in [0.3, 0.4) is 0 Å². The number of pyridine rings is 1. The Labute approximate surface area is 150 Å². The van der Waals surface area contributed by atoms with Crippen molar-refractivity contribution in [2.75, 3.05) is 5.75 Å². The number of fused-ring (bicyclic) bond motifs is 1. The third kappa shape index (κ3) is 4.45. The molecule has 0 radical (unpaired) electrons. The van der Waals surface area contributed by atoms with Gasteiger partial charge in [0.2, 0.25) is 0 Å². The molecule has 0 amide bonds. The molecule has 0 bridgehead atoms. The molecule has 0 unspecified atom stereocenters. The second-order valence-electron chi connectivity index (χ2n) is 5.56. The molecule has 0 aliphatic carbocycles. The van der Waals surface area contributed by atoms with Crippen molar-refractivity contribution in [2.24, 2.45) is 0 Å². The highest BCUT2D eigenvalue weighted by Crippen LogP contribution is 2.23. The number of thioether (sulfide) groups is 1. The number of ether oxygens (including phenoxy) is 1. The third-order valence-corrected chi connectivity index (χ3v) is 4.76. The Kier molecular flexibility index (Phi) is 5.46. The Morgan fingerprint density at radius 1 is 1.00 bits per heavy atom. The molecule has 4 nitrogen and oxygen atoms in total. The second kappa shape index (κ2) is 7.94. The van der Waals surface area contributed by atoms with Crippen molar-refractivity contribution in [1.82, 2.24) is 4.98 Å². The van der Waals surface area contributed by atoms with E-state index in [0.29, 0.717) is 17.0 Å². The lowest BCUT2D eigenvalue weighted by Gasteiger charge is -2.09. The molecule has 3 aromatic rings. The first kappa shape index (κ1) is 17.2. The number of hydrogen-bond acceptors (Lipinski definition) is 5. The summed E-state index contributed by atoms with van der Waals surface area (Å²) >= 11 is 1.34. The number of Topliss-reactive ketones (excluding diaryl/α,β-unsaturated/α-hetero) is 1. The van der Waals surface area contributed by atoms with Gasteiger partial charge in [-0.05, 0) is 31.2 Å². The van der Waals surface area contributed by atoms with Crippen LogP contribution in [0.5, 0.6) is 0 Å². The summed E-state index contributed by atoms with van der Waals surface area (Å²) in [4.78, 5) is 28.8. The topological polar surface area (TPSA) is 56.3 Å². The van der Waals surface area contributed by atoms with Gasteiger partial charge in [0.25, 0.3) is 0 Å². The van der Waals surface area contributed by atoms with Crippen LogP contribution < -0.4 is 0 Å². The van der Waals surface area contributed by atoms with Gasteiger partial charge < -0.3 is 4.74 Å². The highest BCUT2D eigenvalue weighted by Gasteiger charge is 2.14. The van der Waals surface area contributed by atoms with Crippen molar-refractivity contribution in [1.29, 1.82) is 0 Å². The van der Waals surface area contributed by atoms with Gasteiger partial charge in [0.15, 0.2) is 0 Å². The van der Waals surface area contributed by atoms with Gasteiger partial charge >= 0.3 is 5.97 Å². The second-order valence-corrected chi connectivity index (χ2v) is 6.58. The highest BCUT2D eigenvalue weighted by atomic mass is 32.2. The summed E-state index contributed by atoms with van der Waals surface area (Å²) in [5.41, 5.74) is 2.03. The number of para-hydroxylation sites is 1. The quantitative estimate of drug-likeness (QED) is 0.490. The predicted octanol–water partition coefficient (Wildman–Crippen LogP) is 4.27. The molecule has 5 heteroatoms. The number of benzene rings is 2. The van der Waals surface area contributed by atoms with E-state index in [9.17, 15) is 9.59 Å². The minimum absolute atomic E-state index is 0.0635. The summed E-state index contributed by atoms with van der Waals surface area (Å²) in [7, 11) is 0. The molecule has 0 spiro atoms. The van der Waals surface area contributed by atoms with Crippen LogP contribution in [0.2, 0.25) is 0 Å². The van der Waals surface area contributed by atoms with Gasteiger partial charge in [-0.15, -0.1) is 11.8 Å². The number of carbonyl (C=O) groups is 2. The first-order chi connectivity index (χ1) is 12.1. The Balaban J connectivity index is 1.70. The molecule has 0 atom stereocenters. The zero-order valence-electron chi connectivity index (χ0n) is 13.8. The summed E-state index contributed by atoms with van der Waals surface area (Å²) in [6, 6.07) is 18.8. The fourth-order valence-electron chi connectivity index (χ4n) is 2.35. The summed E-state index contributed by atoms with van der Waals surface area (Å²) in [5, 5.41) is 1.04. The molecular weight excluding hydrogens is 334 g/mol. The maximum atomic E-state index is 12.4. The Bertz CT molecular complexity index is 923. The van der Waals surface area contributed by atoms with Crippen LogP contribution in [-0.4, -0.2) is 22.5 Å². The molecule has 2 aromatic carbocycles. The summed E-state index contributed by atoms with van der Waals surface area (Å²) in [6.45, 7) is 1.63. The SMILES string of the molecule is CC(=O)CSc1ccccc1C(=O)OCc1ccc2ccccc2n1. The number of aromatic nitrogens is 1. The van der Waals surface area contributed by atoms with Gasteiger partial charge in [-0.25, -0.2) is 9.78 Å². The van der Waals surface area contributed by atoms with E-state index < -0.39 is 5.97 Å². The van der Waals surface area contributed by atoms with Crippen molar-refractivity contribution in [3.05, 3.63) is 71.9 Å². The standard InChI is InChI=1S/C20H17NO3S/c1-14(22)13-25-19-9-5-3-7-17(19)20(23)24-12-16-11-10-15-6-2-4-8-18(15)21-16/h2-11H,12-13H2,1H3. The van der Waals surface area contributed by atoms with Gasteiger partial charge in [0.05, 0.1) is 22.5 Å². The Hall–Kier alpha value is -2.66. The van der Waals surface area contributed by atoms with E-state index in [2.05, 4.69) is 4.98 Å². The lowest BCUT2D eigenvalue weighted by atomic mass is 10.2. The maximum absolute atomic E-state index is 12.4. The fraction of sp³-hybridized carbons (Fsp3) is 0.150. The molecule has 1 heterocycles. The molecule has 126 valence electrons. The molecular formula is C20H17NO3S. The molecule has 1 aromatic heterocycles. The zero-order chi connectivity index (χ0) is 17.6. The number of carbonyl (C=O) groups excluding carboxylic acids is 2. The minimum atomic E-state index is -0.415. The van der Waals surface area contributed by atoms with Crippen LogP contribution >= 0.6 is 11.8 Å². The highest BCUT2D eigenvalue weighted by molar-refractivity contribution is 8.00. The molecule has 3 rings (SSSR count). The number of ketones is 1. The van der Waals surface area contributed by atoms with E-state index in [4.69, 9.17) is 4.74 Å². The van der Waals surface area contributed by atoms with Gasteiger partial charge in [0, 0.05) is 10.3 Å². The van der Waals surface area contributed by atoms with Crippen molar-refractivity contribution in [3.63, 3.8) is 0 Å². The van der Waals surface area contributed by atoms with Crippen LogP contribution in [0, 0.1) is 0 Å². The van der Waals surface area contributed by atoms with Crippen molar-refractivity contribution >= 4 is 34.4 Å². The van der Waals surface area contributed by atoms with E-state index >= 15 is 0 Å². The molecule has 25 heavy (non-hydrogen) atoms. The van der Waals surface area contributed by atoms with Crippen LogP contribution in [0.1, 0.15) is 23.0 Å². The zero-order valence-corrected chi connectivity index (χ0v) is 14.6. The first-order valence-electron chi connectivity index (χ1n) is 7.86. The molecule has 0 saturated heterocycles. The van der Waals surface area contributed by atoms with E-state index in [-0.39, 0.29) is 12.4 Å². The van der Waals surface area contributed by atoms with Crippen molar-refractivity contribution in [2.45, 2.75) is 18.4 Å². The lowest BCUT2D eigenvalue weighted by molar-refractivity contribution is -0.114. The smallest absolute Gasteiger partial charge is 0.339 e. The van der Waals surface area contributed by atoms with Crippen LogP contribution in [0.4, 0.5) is 0 Å². The largest absolute Gasteiger partial charge is 0.456 e. The molecule has 0 saturated carbocycles. The van der Waals surface area contributed by atoms with Crippen LogP contribution in [0.15, 0.2) is 65.6 Å². The normalized spacial score (nSPS) is 10.6. The Morgan fingerprint density at radius 3 is 2.60 bits per heavy atom. The van der Waals surface area contributed by atoms with E-state index in [0.717, 1.165) is 15.8 Å². The molecule has 0 N–H and O–H groups in total. The minimum Gasteiger partial charge on any atom is -0.456 e. The predicted molar refractivity (Wildman–Crippen MR) is 98.7 cm³/mol. The van der Waals surface area contributed by atoms with Gasteiger partial charge in [-0.3, -0.25) is 4.79 Å². The number of rotatable bonds is 6. The molecule has 0 fully saturated rings. The van der Waals surface area contributed by atoms with Gasteiger partial charge in [-0.2, -0.15) is 0 Å². The van der Waals surface area contributed by atoms with Gasteiger partial charge in [0.1, 0.15) is 12.4 Å². The summed E-state index contributed by atoms with van der Waals surface area (Å²) < 4.78 is 5.41. The van der Waals surface area contributed by atoms with Gasteiger partial charge in [-0.1, -0.05) is 36.4 Å². The van der Waals surface area contributed by atoms with E-state index in [1.165, 1.54) is 18.7 Å². The van der Waals surface area contributed by atoms with E-state index in [1.807, 2.05) is 48.5 Å². The maximum Gasteiger partial charge on any atom is 0.339 e. The Morgan fingerprint density at radius 2 is 1.76 bits per heavy atom. The summed E-state index contributed by atoms with van der Waals surface area (Å²) in [6.07, 6.45) is 0. The number of hydrogen-bond donors (Lipinski definition) is 0.